The fourth-order valence-corrected chi connectivity index (χ4v) is 4.74. The van der Waals surface area contributed by atoms with Gasteiger partial charge < -0.3 is 0 Å². The minimum absolute atomic E-state index is 0.519. The monoisotopic (exact) mass is 307 g/mol. The van der Waals surface area contributed by atoms with E-state index in [9.17, 15) is 0 Å². The van der Waals surface area contributed by atoms with Crippen molar-refractivity contribution >= 4 is 15.9 Å². The number of halogens is 1. The van der Waals surface area contributed by atoms with Crippen molar-refractivity contribution in [1.82, 2.24) is 4.98 Å². The smallest absolute Gasteiger partial charge is 0.0442 e. The normalized spacial score (nSPS) is 33.6. The molecule has 2 aliphatic rings. The highest BCUT2D eigenvalue weighted by Gasteiger charge is 2.40. The molecule has 18 heavy (non-hydrogen) atoms. The van der Waals surface area contributed by atoms with Crippen molar-refractivity contribution in [2.75, 3.05) is 0 Å². The standard InChI is InChI=1S/C16H22BrN/c1-11(16-4-2-3-7-18-16)15(17)10-14-9-12-5-6-13(14)8-12/h2-4,7,11-15H,5-6,8-10H2,1H3. The van der Waals surface area contributed by atoms with Crippen molar-refractivity contribution in [3.8, 4) is 0 Å². The third-order valence-corrected chi connectivity index (χ3v) is 6.28. The van der Waals surface area contributed by atoms with Crippen molar-refractivity contribution < 1.29 is 0 Å². The molecule has 2 aliphatic carbocycles. The molecular formula is C16H22BrN. The van der Waals surface area contributed by atoms with Crippen molar-refractivity contribution in [3.05, 3.63) is 30.1 Å². The van der Waals surface area contributed by atoms with Crippen LogP contribution in [-0.2, 0) is 0 Å². The summed E-state index contributed by atoms with van der Waals surface area (Å²) in [4.78, 5) is 5.07. The lowest BCUT2D eigenvalue weighted by atomic mass is 9.83. The molecule has 0 aromatic carbocycles. The molecule has 1 aromatic heterocycles. The number of pyridine rings is 1. The van der Waals surface area contributed by atoms with Gasteiger partial charge in [0.05, 0.1) is 0 Å². The van der Waals surface area contributed by atoms with Gasteiger partial charge in [-0.3, -0.25) is 4.98 Å². The van der Waals surface area contributed by atoms with Crippen LogP contribution in [0, 0.1) is 17.8 Å². The van der Waals surface area contributed by atoms with E-state index >= 15 is 0 Å². The van der Waals surface area contributed by atoms with Gasteiger partial charge >= 0.3 is 0 Å². The number of aromatic nitrogens is 1. The first-order valence-corrected chi connectivity index (χ1v) is 8.20. The molecule has 5 atom stereocenters. The first-order valence-electron chi connectivity index (χ1n) is 7.29. The predicted molar refractivity (Wildman–Crippen MR) is 78.9 cm³/mol. The van der Waals surface area contributed by atoms with Crippen LogP contribution >= 0.6 is 15.9 Å². The van der Waals surface area contributed by atoms with Crippen LogP contribution in [-0.4, -0.2) is 9.81 Å². The Morgan fingerprint density at radius 3 is 2.83 bits per heavy atom. The Labute approximate surface area is 119 Å². The molecule has 0 radical (unpaired) electrons. The summed E-state index contributed by atoms with van der Waals surface area (Å²) in [5.74, 6) is 3.58. The summed E-state index contributed by atoms with van der Waals surface area (Å²) >= 11 is 3.92. The van der Waals surface area contributed by atoms with Crippen LogP contribution in [0.5, 0.6) is 0 Å². The zero-order valence-corrected chi connectivity index (χ0v) is 12.6. The number of alkyl halides is 1. The fraction of sp³-hybridized carbons (Fsp3) is 0.688. The first-order chi connectivity index (χ1) is 8.74. The molecule has 98 valence electrons. The van der Waals surface area contributed by atoms with Gasteiger partial charge in [0, 0.05) is 22.6 Å². The summed E-state index contributed by atoms with van der Waals surface area (Å²) in [6, 6.07) is 6.24. The number of nitrogens with zero attached hydrogens (tertiary/aromatic N) is 1. The Kier molecular flexibility index (Phi) is 3.74. The van der Waals surface area contributed by atoms with Gasteiger partial charge in [0.2, 0.25) is 0 Å². The molecule has 0 saturated heterocycles. The second-order valence-electron chi connectivity index (χ2n) is 6.23. The Morgan fingerprint density at radius 2 is 2.22 bits per heavy atom. The van der Waals surface area contributed by atoms with Crippen LogP contribution in [0.1, 0.15) is 50.6 Å². The average molecular weight is 308 g/mol. The van der Waals surface area contributed by atoms with Gasteiger partial charge in [-0.15, -0.1) is 0 Å². The van der Waals surface area contributed by atoms with E-state index in [-0.39, 0.29) is 0 Å². The minimum atomic E-state index is 0.519. The van der Waals surface area contributed by atoms with E-state index in [2.05, 4.69) is 40.0 Å². The third-order valence-electron chi connectivity index (χ3n) is 5.11. The summed E-state index contributed by atoms with van der Waals surface area (Å²) in [5.41, 5.74) is 1.22. The minimum Gasteiger partial charge on any atom is -0.261 e. The van der Waals surface area contributed by atoms with E-state index in [1.54, 1.807) is 0 Å². The van der Waals surface area contributed by atoms with Crippen LogP contribution in [0.2, 0.25) is 0 Å². The molecule has 2 saturated carbocycles. The molecule has 1 aromatic rings. The van der Waals surface area contributed by atoms with E-state index in [1.807, 2.05) is 12.3 Å². The zero-order valence-electron chi connectivity index (χ0n) is 11.1. The maximum absolute atomic E-state index is 4.49. The van der Waals surface area contributed by atoms with Gasteiger partial charge in [-0.25, -0.2) is 0 Å². The van der Waals surface area contributed by atoms with Gasteiger partial charge in [0.25, 0.3) is 0 Å². The number of hydrogen-bond acceptors (Lipinski definition) is 1. The predicted octanol–water partition coefficient (Wildman–Crippen LogP) is 4.77. The Bertz CT molecular complexity index is 391. The highest BCUT2D eigenvalue weighted by atomic mass is 79.9. The maximum Gasteiger partial charge on any atom is 0.0442 e. The lowest BCUT2D eigenvalue weighted by molar-refractivity contribution is 0.307. The van der Waals surface area contributed by atoms with Crippen molar-refractivity contribution in [2.45, 2.75) is 49.8 Å². The van der Waals surface area contributed by atoms with E-state index in [0.717, 1.165) is 17.8 Å². The highest BCUT2D eigenvalue weighted by molar-refractivity contribution is 9.09. The van der Waals surface area contributed by atoms with E-state index in [0.29, 0.717) is 10.7 Å². The van der Waals surface area contributed by atoms with Gasteiger partial charge in [-0.05, 0) is 55.6 Å². The average Bonchev–Trinajstić information content (AvgIpc) is 3.01. The molecule has 2 fully saturated rings. The Hall–Kier alpha value is -0.370. The molecule has 2 heteroatoms. The molecule has 0 spiro atoms. The zero-order chi connectivity index (χ0) is 12.5. The fourth-order valence-electron chi connectivity index (χ4n) is 3.99. The van der Waals surface area contributed by atoms with Gasteiger partial charge in [-0.1, -0.05) is 35.3 Å². The van der Waals surface area contributed by atoms with Crippen LogP contribution in [0.15, 0.2) is 24.4 Å². The summed E-state index contributed by atoms with van der Waals surface area (Å²) in [6.45, 7) is 2.30. The highest BCUT2D eigenvalue weighted by Crippen LogP contribution is 2.51. The molecular weight excluding hydrogens is 286 g/mol. The third kappa shape index (κ3) is 2.49. The molecule has 0 amide bonds. The molecule has 3 rings (SSSR count). The van der Waals surface area contributed by atoms with Crippen LogP contribution in [0.4, 0.5) is 0 Å². The van der Waals surface area contributed by atoms with Crippen molar-refractivity contribution in [1.29, 1.82) is 0 Å². The van der Waals surface area contributed by atoms with Gasteiger partial charge in [0.15, 0.2) is 0 Å². The summed E-state index contributed by atoms with van der Waals surface area (Å²) in [6.07, 6.45) is 9.24. The van der Waals surface area contributed by atoms with Crippen molar-refractivity contribution in [2.24, 2.45) is 17.8 Å². The van der Waals surface area contributed by atoms with Gasteiger partial charge in [0.1, 0.15) is 0 Å². The van der Waals surface area contributed by atoms with Gasteiger partial charge in [-0.2, -0.15) is 0 Å². The van der Waals surface area contributed by atoms with Crippen LogP contribution in [0.25, 0.3) is 0 Å². The Morgan fingerprint density at radius 1 is 1.33 bits per heavy atom. The second-order valence-corrected chi connectivity index (χ2v) is 7.41. The molecule has 0 N–H and O–H groups in total. The van der Waals surface area contributed by atoms with Crippen molar-refractivity contribution in [3.63, 3.8) is 0 Å². The largest absolute Gasteiger partial charge is 0.261 e. The lowest BCUT2D eigenvalue weighted by Crippen LogP contribution is -2.19. The summed E-state index contributed by atoms with van der Waals surface area (Å²) in [7, 11) is 0. The lowest BCUT2D eigenvalue weighted by Gasteiger charge is -2.26. The molecule has 2 bridgehead atoms. The summed E-state index contributed by atoms with van der Waals surface area (Å²) in [5, 5.41) is 0. The number of rotatable bonds is 4. The summed E-state index contributed by atoms with van der Waals surface area (Å²) < 4.78 is 0. The first kappa shape index (κ1) is 12.7. The number of hydrogen-bond donors (Lipinski definition) is 0. The number of fused-ring (bicyclic) bond motifs is 2. The second kappa shape index (κ2) is 5.32. The van der Waals surface area contributed by atoms with E-state index in [4.69, 9.17) is 0 Å². The molecule has 1 nitrogen and oxygen atoms in total. The maximum atomic E-state index is 4.49. The van der Waals surface area contributed by atoms with Crippen LogP contribution < -0.4 is 0 Å². The van der Waals surface area contributed by atoms with Crippen LogP contribution in [0.3, 0.4) is 0 Å². The SMILES string of the molecule is CC(c1ccccn1)C(Br)CC1CC2CCC1C2. The molecule has 0 aliphatic heterocycles. The Balaban J connectivity index is 1.60. The molecule has 1 heterocycles. The van der Waals surface area contributed by atoms with E-state index in [1.165, 1.54) is 37.8 Å². The van der Waals surface area contributed by atoms with E-state index < -0.39 is 0 Å². The topological polar surface area (TPSA) is 12.9 Å². The molecule has 5 unspecified atom stereocenters. The quantitative estimate of drug-likeness (QED) is 0.730.